The Bertz CT molecular complexity index is 773. The highest BCUT2D eigenvalue weighted by atomic mass is 16.4. The van der Waals surface area contributed by atoms with Gasteiger partial charge in [-0.1, -0.05) is 25.1 Å². The fourth-order valence-electron chi connectivity index (χ4n) is 3.45. The Labute approximate surface area is 141 Å². The number of carboxylic acids is 1. The Morgan fingerprint density at radius 3 is 2.50 bits per heavy atom. The molecule has 2 aromatic rings. The number of hydrogen-bond acceptors (Lipinski definition) is 3. The molecular formula is C18H23N3O3. The second kappa shape index (κ2) is 6.65. The molecule has 0 aliphatic carbocycles. The molecular weight excluding hydrogens is 306 g/mol. The van der Waals surface area contributed by atoms with Crippen LogP contribution in [0.5, 0.6) is 0 Å². The maximum atomic E-state index is 11.8. The van der Waals surface area contributed by atoms with Gasteiger partial charge in [0.25, 0.3) is 0 Å². The average Bonchev–Trinajstić information content (AvgIpc) is 2.93. The van der Waals surface area contributed by atoms with E-state index in [2.05, 4.69) is 11.0 Å². The molecule has 1 aliphatic rings. The number of carbonyl (C=O) groups excluding carboxylic acids is 1. The number of amides is 1. The zero-order valence-electron chi connectivity index (χ0n) is 14.2. The highest BCUT2D eigenvalue weighted by Crippen LogP contribution is 2.24. The fourth-order valence-corrected chi connectivity index (χ4v) is 3.45. The molecule has 1 aliphatic heterocycles. The minimum Gasteiger partial charge on any atom is -0.477 e. The van der Waals surface area contributed by atoms with Crippen LogP contribution in [0.25, 0.3) is 10.9 Å². The number of hydrogen-bond donors (Lipinski definition) is 1. The lowest BCUT2D eigenvalue weighted by atomic mass is 10.1. The molecule has 1 N–H and O–H groups in total. The number of carboxylic acid groups (broad SMARTS) is 1. The highest BCUT2D eigenvalue weighted by molar-refractivity contribution is 5.95. The van der Waals surface area contributed by atoms with Gasteiger partial charge in [0.1, 0.15) is 5.69 Å². The van der Waals surface area contributed by atoms with Crippen molar-refractivity contribution in [2.45, 2.75) is 19.9 Å². The summed E-state index contributed by atoms with van der Waals surface area (Å²) < 4.78 is 1.75. The molecule has 6 nitrogen and oxygen atoms in total. The Balaban J connectivity index is 1.79. The van der Waals surface area contributed by atoms with E-state index in [4.69, 9.17) is 0 Å². The van der Waals surface area contributed by atoms with E-state index in [1.165, 1.54) is 0 Å². The molecule has 0 spiro atoms. The van der Waals surface area contributed by atoms with Gasteiger partial charge in [0.05, 0.1) is 5.52 Å². The molecule has 0 saturated carbocycles. The van der Waals surface area contributed by atoms with E-state index in [-0.39, 0.29) is 5.91 Å². The number of carbonyl (C=O) groups is 2. The number of aryl methyl sites for hydroxylation is 1. The fraction of sp³-hybridized carbons (Fsp3) is 0.444. The minimum atomic E-state index is -0.911. The van der Waals surface area contributed by atoms with Crippen molar-refractivity contribution in [1.82, 2.24) is 14.4 Å². The van der Waals surface area contributed by atoms with Gasteiger partial charge in [0.2, 0.25) is 5.91 Å². The molecule has 128 valence electrons. The average molecular weight is 329 g/mol. The largest absolute Gasteiger partial charge is 0.477 e. The number of rotatable bonds is 4. The summed E-state index contributed by atoms with van der Waals surface area (Å²) in [5.41, 5.74) is 2.40. The van der Waals surface area contributed by atoms with E-state index in [9.17, 15) is 14.7 Å². The monoisotopic (exact) mass is 329 g/mol. The van der Waals surface area contributed by atoms with E-state index in [1.807, 2.05) is 24.0 Å². The van der Waals surface area contributed by atoms with Gasteiger partial charge >= 0.3 is 5.97 Å². The van der Waals surface area contributed by atoms with Crippen LogP contribution in [0.2, 0.25) is 0 Å². The van der Waals surface area contributed by atoms with Crippen LogP contribution in [-0.4, -0.2) is 57.5 Å². The number of aromatic nitrogens is 1. The van der Waals surface area contributed by atoms with Crippen molar-refractivity contribution >= 4 is 22.8 Å². The lowest BCUT2D eigenvalue weighted by molar-refractivity contribution is -0.132. The lowest BCUT2D eigenvalue weighted by Crippen LogP contribution is -2.48. The Morgan fingerprint density at radius 2 is 1.88 bits per heavy atom. The zero-order valence-corrected chi connectivity index (χ0v) is 14.2. The van der Waals surface area contributed by atoms with E-state index >= 15 is 0 Å². The first-order valence-electron chi connectivity index (χ1n) is 8.32. The van der Waals surface area contributed by atoms with Crippen LogP contribution in [0.3, 0.4) is 0 Å². The van der Waals surface area contributed by atoms with Crippen LogP contribution in [0, 0.1) is 0 Å². The number of nitrogens with zero attached hydrogens (tertiary/aromatic N) is 3. The molecule has 2 heterocycles. The summed E-state index contributed by atoms with van der Waals surface area (Å²) >= 11 is 0. The van der Waals surface area contributed by atoms with Crippen molar-refractivity contribution in [3.8, 4) is 0 Å². The Morgan fingerprint density at radius 1 is 1.17 bits per heavy atom. The van der Waals surface area contributed by atoms with Gasteiger partial charge < -0.3 is 14.6 Å². The van der Waals surface area contributed by atoms with E-state index in [1.54, 1.807) is 17.7 Å². The van der Waals surface area contributed by atoms with Gasteiger partial charge in [-0.2, -0.15) is 0 Å². The van der Waals surface area contributed by atoms with E-state index < -0.39 is 5.97 Å². The van der Waals surface area contributed by atoms with Crippen molar-refractivity contribution in [3.05, 3.63) is 35.5 Å². The van der Waals surface area contributed by atoms with Crippen LogP contribution in [0.1, 0.15) is 29.4 Å². The molecule has 1 amide bonds. The number of aromatic carboxylic acids is 1. The molecule has 1 aromatic heterocycles. The molecule has 3 rings (SSSR count). The van der Waals surface area contributed by atoms with Crippen molar-refractivity contribution in [1.29, 1.82) is 0 Å². The smallest absolute Gasteiger partial charge is 0.352 e. The molecule has 1 aromatic carbocycles. The number of benzene rings is 1. The lowest BCUT2D eigenvalue weighted by Gasteiger charge is -2.34. The van der Waals surface area contributed by atoms with Gasteiger partial charge in [0, 0.05) is 51.6 Å². The molecule has 0 unspecified atom stereocenters. The Kier molecular flexibility index (Phi) is 4.57. The van der Waals surface area contributed by atoms with Crippen LogP contribution < -0.4 is 0 Å². The molecule has 0 atom stereocenters. The summed E-state index contributed by atoms with van der Waals surface area (Å²) in [4.78, 5) is 27.4. The summed E-state index contributed by atoms with van der Waals surface area (Å²) in [6.07, 6.45) is 0.556. The van der Waals surface area contributed by atoms with E-state index in [0.717, 1.165) is 49.2 Å². The van der Waals surface area contributed by atoms with Gasteiger partial charge in [-0.15, -0.1) is 0 Å². The Hall–Kier alpha value is -2.34. The predicted octanol–water partition coefficient (Wildman–Crippen LogP) is 1.93. The van der Waals surface area contributed by atoms with Crippen LogP contribution in [0.15, 0.2) is 24.3 Å². The quantitative estimate of drug-likeness (QED) is 0.931. The van der Waals surface area contributed by atoms with E-state index in [0.29, 0.717) is 12.1 Å². The summed E-state index contributed by atoms with van der Waals surface area (Å²) in [6, 6.07) is 7.69. The van der Waals surface area contributed by atoms with Gasteiger partial charge in [-0.05, 0) is 11.6 Å². The zero-order chi connectivity index (χ0) is 17.3. The maximum Gasteiger partial charge on any atom is 0.352 e. The summed E-state index contributed by atoms with van der Waals surface area (Å²) in [5, 5.41) is 10.3. The molecule has 0 radical (unpaired) electrons. The predicted molar refractivity (Wildman–Crippen MR) is 92.0 cm³/mol. The van der Waals surface area contributed by atoms with Crippen LogP contribution in [0.4, 0.5) is 0 Å². The summed E-state index contributed by atoms with van der Waals surface area (Å²) in [5.74, 6) is -0.698. The normalized spacial score (nSPS) is 15.8. The van der Waals surface area contributed by atoms with Crippen molar-refractivity contribution in [2.75, 3.05) is 26.2 Å². The maximum absolute atomic E-state index is 11.8. The van der Waals surface area contributed by atoms with Crippen LogP contribution >= 0.6 is 0 Å². The first-order valence-corrected chi connectivity index (χ1v) is 8.32. The molecule has 1 saturated heterocycles. The summed E-state index contributed by atoms with van der Waals surface area (Å²) in [7, 11) is 1.80. The van der Waals surface area contributed by atoms with Gasteiger partial charge in [0.15, 0.2) is 0 Å². The topological polar surface area (TPSA) is 65.8 Å². The number of fused-ring (bicyclic) bond motifs is 1. The third kappa shape index (κ3) is 3.01. The number of piperazine rings is 1. The number of para-hydroxylation sites is 1. The van der Waals surface area contributed by atoms with Gasteiger partial charge in [-0.25, -0.2) is 4.79 Å². The standard InChI is InChI=1S/C18H23N3O3/c1-3-16(22)21-9-7-20(8-10-21)12-14-6-4-5-13-11-15(18(23)24)19(2)17(13)14/h4-6,11H,3,7-10,12H2,1-2H3,(H,23,24). The molecule has 1 fully saturated rings. The van der Waals surface area contributed by atoms with Crippen molar-refractivity contribution in [3.63, 3.8) is 0 Å². The highest BCUT2D eigenvalue weighted by Gasteiger charge is 2.21. The second-order valence-corrected chi connectivity index (χ2v) is 6.26. The first-order chi connectivity index (χ1) is 11.5. The summed E-state index contributed by atoms with van der Waals surface area (Å²) in [6.45, 7) is 5.87. The van der Waals surface area contributed by atoms with Crippen molar-refractivity contribution in [2.24, 2.45) is 7.05 Å². The molecule has 6 heteroatoms. The van der Waals surface area contributed by atoms with Crippen molar-refractivity contribution < 1.29 is 14.7 Å². The second-order valence-electron chi connectivity index (χ2n) is 6.26. The SMILES string of the molecule is CCC(=O)N1CCN(Cc2cccc3cc(C(=O)O)n(C)c23)CC1. The molecule has 0 bridgehead atoms. The van der Waals surface area contributed by atoms with Crippen LogP contribution in [-0.2, 0) is 18.4 Å². The minimum absolute atomic E-state index is 0.213. The third-order valence-corrected chi connectivity index (χ3v) is 4.78. The third-order valence-electron chi connectivity index (χ3n) is 4.78. The van der Waals surface area contributed by atoms with Gasteiger partial charge in [-0.3, -0.25) is 9.69 Å². The molecule has 24 heavy (non-hydrogen) atoms. The first kappa shape index (κ1) is 16.5.